The number of benzene rings is 1. The van der Waals surface area contributed by atoms with Crippen molar-refractivity contribution in [3.05, 3.63) is 29.3 Å². The second-order valence-electron chi connectivity index (χ2n) is 4.94. The summed E-state index contributed by atoms with van der Waals surface area (Å²) in [5.74, 6) is 0.543. The molecule has 2 N–H and O–H groups in total. The van der Waals surface area contributed by atoms with Crippen LogP contribution in [0.15, 0.2) is 24.3 Å². The molecule has 0 fully saturated rings. The monoisotopic (exact) mass is 278 g/mol. The van der Waals surface area contributed by atoms with Crippen molar-refractivity contribution in [3.63, 3.8) is 0 Å². The molecule has 19 heavy (non-hydrogen) atoms. The van der Waals surface area contributed by atoms with E-state index in [0.717, 1.165) is 29.9 Å². The highest BCUT2D eigenvalue weighted by Crippen LogP contribution is 2.26. The molecule has 3 nitrogen and oxygen atoms in total. The standard InChI is InChI=1S/C15H22N2OS/c1-3-12(8-9-18)10-16-11(2)15-17-13-6-4-5-7-14(13)19-15/h4-7,11-12,16,18H,3,8-10H2,1-2H3. The number of nitrogens with one attached hydrogen (secondary N) is 1. The quantitative estimate of drug-likeness (QED) is 0.816. The molecule has 2 rings (SSSR count). The van der Waals surface area contributed by atoms with Crippen LogP contribution in [-0.4, -0.2) is 23.2 Å². The van der Waals surface area contributed by atoms with Crippen molar-refractivity contribution < 1.29 is 5.11 Å². The highest BCUT2D eigenvalue weighted by Gasteiger charge is 2.13. The average Bonchev–Trinajstić information content (AvgIpc) is 2.87. The molecule has 0 aliphatic heterocycles. The lowest BCUT2D eigenvalue weighted by molar-refractivity contribution is 0.249. The zero-order valence-corrected chi connectivity index (χ0v) is 12.4. The predicted molar refractivity (Wildman–Crippen MR) is 81.5 cm³/mol. The van der Waals surface area contributed by atoms with Crippen LogP contribution >= 0.6 is 11.3 Å². The number of aliphatic hydroxyl groups is 1. The van der Waals surface area contributed by atoms with E-state index in [9.17, 15) is 0 Å². The van der Waals surface area contributed by atoms with E-state index in [2.05, 4.69) is 42.3 Å². The second-order valence-corrected chi connectivity index (χ2v) is 6.00. The fraction of sp³-hybridized carbons (Fsp3) is 0.533. The summed E-state index contributed by atoms with van der Waals surface area (Å²) in [5, 5.41) is 13.7. The van der Waals surface area contributed by atoms with E-state index < -0.39 is 0 Å². The van der Waals surface area contributed by atoms with E-state index >= 15 is 0 Å². The minimum atomic E-state index is 0.269. The molecule has 2 atom stereocenters. The third-order valence-corrected chi connectivity index (χ3v) is 4.73. The van der Waals surface area contributed by atoms with Gasteiger partial charge in [0.25, 0.3) is 0 Å². The molecule has 104 valence electrons. The fourth-order valence-corrected chi connectivity index (χ4v) is 3.13. The van der Waals surface area contributed by atoms with Gasteiger partial charge in [-0.15, -0.1) is 11.3 Å². The van der Waals surface area contributed by atoms with Gasteiger partial charge in [0.1, 0.15) is 5.01 Å². The number of aliphatic hydroxyl groups excluding tert-OH is 1. The Balaban J connectivity index is 1.97. The molecule has 4 heteroatoms. The Bertz CT molecular complexity index is 479. The second kappa shape index (κ2) is 6.98. The number of aromatic nitrogens is 1. The van der Waals surface area contributed by atoms with Gasteiger partial charge in [0.05, 0.1) is 16.3 Å². The molecule has 0 spiro atoms. The van der Waals surface area contributed by atoms with E-state index in [1.807, 2.05) is 6.07 Å². The SMILES string of the molecule is CCC(CCO)CNC(C)c1nc2ccccc2s1. The van der Waals surface area contributed by atoms with Crippen LogP contribution in [0.1, 0.15) is 37.7 Å². The zero-order chi connectivity index (χ0) is 13.7. The van der Waals surface area contributed by atoms with E-state index in [0.29, 0.717) is 5.92 Å². The van der Waals surface area contributed by atoms with Crippen LogP contribution in [-0.2, 0) is 0 Å². The minimum absolute atomic E-state index is 0.269. The first-order chi connectivity index (χ1) is 9.24. The summed E-state index contributed by atoms with van der Waals surface area (Å²) in [7, 11) is 0. The van der Waals surface area contributed by atoms with Crippen molar-refractivity contribution in [2.75, 3.05) is 13.2 Å². The number of para-hydroxylation sites is 1. The maximum atomic E-state index is 9.01. The van der Waals surface area contributed by atoms with Gasteiger partial charge in [0.2, 0.25) is 0 Å². The van der Waals surface area contributed by atoms with E-state index in [4.69, 9.17) is 5.11 Å². The fourth-order valence-electron chi connectivity index (χ4n) is 2.14. The molecule has 0 aliphatic carbocycles. The molecular weight excluding hydrogens is 256 g/mol. The number of rotatable bonds is 7. The minimum Gasteiger partial charge on any atom is -0.396 e. The summed E-state index contributed by atoms with van der Waals surface area (Å²) in [6.07, 6.45) is 1.97. The Morgan fingerprint density at radius 2 is 2.16 bits per heavy atom. The van der Waals surface area contributed by atoms with Crippen LogP contribution in [0, 0.1) is 5.92 Å². The Morgan fingerprint density at radius 1 is 1.37 bits per heavy atom. The van der Waals surface area contributed by atoms with Gasteiger partial charge >= 0.3 is 0 Å². The number of fused-ring (bicyclic) bond motifs is 1. The van der Waals surface area contributed by atoms with Gasteiger partial charge < -0.3 is 10.4 Å². The van der Waals surface area contributed by atoms with Gasteiger partial charge in [0.15, 0.2) is 0 Å². The molecule has 1 heterocycles. The van der Waals surface area contributed by atoms with Crippen molar-refractivity contribution >= 4 is 21.6 Å². The predicted octanol–water partition coefficient (Wildman–Crippen LogP) is 3.36. The van der Waals surface area contributed by atoms with Crippen LogP contribution in [0.25, 0.3) is 10.2 Å². The number of thiazole rings is 1. The Labute approximate surface area is 118 Å². The van der Waals surface area contributed by atoms with Crippen LogP contribution < -0.4 is 5.32 Å². The molecule has 0 radical (unpaired) electrons. The number of nitrogens with zero attached hydrogens (tertiary/aromatic N) is 1. The molecule has 1 aromatic carbocycles. The number of hydrogen-bond donors (Lipinski definition) is 2. The van der Waals surface area contributed by atoms with Crippen molar-refractivity contribution in [2.24, 2.45) is 5.92 Å². The van der Waals surface area contributed by atoms with Crippen molar-refractivity contribution in [3.8, 4) is 0 Å². The molecular formula is C15H22N2OS. The van der Waals surface area contributed by atoms with E-state index in [-0.39, 0.29) is 12.6 Å². The summed E-state index contributed by atoms with van der Waals surface area (Å²) in [4.78, 5) is 4.67. The lowest BCUT2D eigenvalue weighted by atomic mass is 10.0. The molecule has 1 aromatic heterocycles. The van der Waals surface area contributed by atoms with Crippen LogP contribution in [0.4, 0.5) is 0 Å². The molecule has 0 amide bonds. The van der Waals surface area contributed by atoms with Crippen molar-refractivity contribution in [1.82, 2.24) is 10.3 Å². The molecule has 0 bridgehead atoms. The molecule has 0 saturated heterocycles. The maximum Gasteiger partial charge on any atom is 0.111 e. The molecule has 0 saturated carbocycles. The highest BCUT2D eigenvalue weighted by molar-refractivity contribution is 7.18. The van der Waals surface area contributed by atoms with Gasteiger partial charge in [-0.2, -0.15) is 0 Å². The zero-order valence-electron chi connectivity index (χ0n) is 11.6. The van der Waals surface area contributed by atoms with E-state index in [1.54, 1.807) is 11.3 Å². The maximum absolute atomic E-state index is 9.01. The van der Waals surface area contributed by atoms with Gasteiger partial charge in [-0.3, -0.25) is 0 Å². The summed E-state index contributed by atoms with van der Waals surface area (Å²) >= 11 is 1.76. The average molecular weight is 278 g/mol. The summed E-state index contributed by atoms with van der Waals surface area (Å²) in [6, 6.07) is 8.52. The highest BCUT2D eigenvalue weighted by atomic mass is 32.1. The van der Waals surface area contributed by atoms with Crippen LogP contribution in [0.2, 0.25) is 0 Å². The van der Waals surface area contributed by atoms with Gasteiger partial charge in [-0.05, 0) is 37.9 Å². The van der Waals surface area contributed by atoms with Crippen molar-refractivity contribution in [1.29, 1.82) is 0 Å². The first-order valence-corrected chi connectivity index (χ1v) is 7.76. The largest absolute Gasteiger partial charge is 0.396 e. The van der Waals surface area contributed by atoms with Crippen molar-refractivity contribution in [2.45, 2.75) is 32.7 Å². The summed E-state index contributed by atoms with van der Waals surface area (Å²) in [6.45, 7) is 5.54. The Kier molecular flexibility index (Phi) is 5.31. The topological polar surface area (TPSA) is 45.1 Å². The Morgan fingerprint density at radius 3 is 2.84 bits per heavy atom. The smallest absolute Gasteiger partial charge is 0.111 e. The third-order valence-electron chi connectivity index (χ3n) is 3.51. The lowest BCUT2D eigenvalue weighted by Gasteiger charge is -2.17. The van der Waals surface area contributed by atoms with E-state index in [1.165, 1.54) is 4.70 Å². The van der Waals surface area contributed by atoms with Gasteiger partial charge in [-0.25, -0.2) is 4.98 Å². The first kappa shape index (κ1) is 14.4. The molecule has 2 aromatic rings. The summed E-state index contributed by atoms with van der Waals surface area (Å²) < 4.78 is 1.24. The van der Waals surface area contributed by atoms with Gasteiger partial charge in [0, 0.05) is 6.61 Å². The lowest BCUT2D eigenvalue weighted by Crippen LogP contribution is -2.26. The third kappa shape index (κ3) is 3.75. The van der Waals surface area contributed by atoms with Gasteiger partial charge in [-0.1, -0.05) is 25.5 Å². The first-order valence-electron chi connectivity index (χ1n) is 6.94. The Hall–Kier alpha value is -0.970. The van der Waals surface area contributed by atoms with Crippen LogP contribution in [0.5, 0.6) is 0 Å². The summed E-state index contributed by atoms with van der Waals surface area (Å²) in [5.41, 5.74) is 1.08. The molecule has 2 unspecified atom stereocenters. The molecule has 0 aliphatic rings. The van der Waals surface area contributed by atoms with Crippen LogP contribution in [0.3, 0.4) is 0 Å². The number of hydrogen-bond acceptors (Lipinski definition) is 4. The normalized spacial score (nSPS) is 14.7.